The van der Waals surface area contributed by atoms with Gasteiger partial charge in [-0.2, -0.15) is 0 Å². The molecular formula is C21H29NO4. The molecule has 0 bridgehead atoms. The van der Waals surface area contributed by atoms with Gasteiger partial charge in [-0.25, -0.2) is 4.79 Å². The highest BCUT2D eigenvalue weighted by molar-refractivity contribution is 5.84. The van der Waals surface area contributed by atoms with E-state index in [-0.39, 0.29) is 11.9 Å². The van der Waals surface area contributed by atoms with Crippen LogP contribution < -0.4 is 5.32 Å². The zero-order valence-corrected chi connectivity index (χ0v) is 16.0. The Morgan fingerprint density at radius 2 is 2.04 bits per heavy atom. The fourth-order valence-corrected chi connectivity index (χ4v) is 3.68. The Morgan fingerprint density at radius 1 is 1.35 bits per heavy atom. The number of ether oxygens (including phenoxy) is 2. The number of cyclic esters (lactones) is 1. The van der Waals surface area contributed by atoms with Gasteiger partial charge >= 0.3 is 12.1 Å². The molecule has 1 aliphatic carbocycles. The highest BCUT2D eigenvalue weighted by atomic mass is 16.5. The quantitative estimate of drug-likeness (QED) is 0.610. The smallest absolute Gasteiger partial charge is 0.411 e. The summed E-state index contributed by atoms with van der Waals surface area (Å²) in [5.74, 6) is 0.135. The van der Waals surface area contributed by atoms with Crippen LogP contribution in [0.2, 0.25) is 0 Å². The molecule has 1 amide bonds. The van der Waals surface area contributed by atoms with Crippen LogP contribution in [0, 0.1) is 11.3 Å². The molecule has 0 spiro atoms. The predicted octanol–water partition coefficient (Wildman–Crippen LogP) is 4.72. The van der Waals surface area contributed by atoms with Crippen LogP contribution in [0.5, 0.6) is 0 Å². The van der Waals surface area contributed by atoms with Gasteiger partial charge < -0.3 is 9.47 Å². The Morgan fingerprint density at radius 3 is 2.69 bits per heavy atom. The zero-order chi connectivity index (χ0) is 19.2. The van der Waals surface area contributed by atoms with Crippen molar-refractivity contribution in [2.24, 2.45) is 11.3 Å². The van der Waals surface area contributed by atoms with Crippen molar-refractivity contribution in [2.45, 2.75) is 46.5 Å². The van der Waals surface area contributed by atoms with Crippen molar-refractivity contribution in [3.63, 3.8) is 0 Å². The van der Waals surface area contributed by atoms with E-state index >= 15 is 0 Å². The molecule has 0 aromatic heterocycles. The van der Waals surface area contributed by atoms with Crippen LogP contribution in [-0.2, 0) is 20.7 Å². The van der Waals surface area contributed by atoms with Crippen molar-refractivity contribution < 1.29 is 19.1 Å². The minimum atomic E-state index is -0.452. The molecule has 1 aliphatic heterocycles. The van der Waals surface area contributed by atoms with Crippen molar-refractivity contribution in [1.82, 2.24) is 0 Å². The summed E-state index contributed by atoms with van der Waals surface area (Å²) in [5.41, 5.74) is 2.42. The van der Waals surface area contributed by atoms with Gasteiger partial charge in [-0.1, -0.05) is 45.1 Å². The molecule has 1 saturated heterocycles. The minimum Gasteiger partial charge on any atom is -0.465 e. The molecule has 1 saturated carbocycles. The first-order valence-electron chi connectivity index (χ1n) is 9.40. The maximum atomic E-state index is 12.3. The molecule has 142 valence electrons. The first-order chi connectivity index (χ1) is 12.5. The van der Waals surface area contributed by atoms with Gasteiger partial charge in [0.2, 0.25) is 0 Å². The first-order valence-corrected chi connectivity index (χ1v) is 9.40. The summed E-state index contributed by atoms with van der Waals surface area (Å²) in [6, 6.07) is 7.54. The number of esters is 1. The van der Waals surface area contributed by atoms with Gasteiger partial charge in [0, 0.05) is 11.6 Å². The van der Waals surface area contributed by atoms with Crippen LogP contribution in [0.3, 0.4) is 0 Å². The van der Waals surface area contributed by atoms with Crippen LogP contribution in [0.25, 0.3) is 0 Å². The molecule has 2 unspecified atom stereocenters. The summed E-state index contributed by atoms with van der Waals surface area (Å²) in [7, 11) is 0. The van der Waals surface area contributed by atoms with Crippen LogP contribution in [0.4, 0.5) is 10.5 Å². The van der Waals surface area contributed by atoms with E-state index in [1.165, 1.54) is 0 Å². The average molecular weight is 359 g/mol. The second-order valence-electron chi connectivity index (χ2n) is 6.72. The number of allylic oxidation sites excluding steroid dienone is 1. The van der Waals surface area contributed by atoms with Crippen molar-refractivity contribution in [1.29, 1.82) is 0 Å². The molecule has 2 atom stereocenters. The van der Waals surface area contributed by atoms with Gasteiger partial charge in [-0.15, -0.1) is 0 Å². The lowest BCUT2D eigenvalue weighted by Gasteiger charge is -2.24. The number of amides is 1. The highest BCUT2D eigenvalue weighted by Gasteiger charge is 2.55. The maximum Gasteiger partial charge on any atom is 0.411 e. The topological polar surface area (TPSA) is 64.6 Å². The normalized spacial score (nSPS) is 23.6. The lowest BCUT2D eigenvalue weighted by atomic mass is 9.75. The number of hydrogen-bond acceptors (Lipinski definition) is 4. The number of nitrogens with one attached hydrogen (secondary N) is 1. The molecule has 1 heterocycles. The van der Waals surface area contributed by atoms with E-state index in [9.17, 15) is 9.59 Å². The van der Waals surface area contributed by atoms with Crippen molar-refractivity contribution in [3.05, 3.63) is 42.0 Å². The zero-order valence-electron chi connectivity index (χ0n) is 16.0. The SMILES string of the molecule is C=C1CC2COC(=O)C2(Cc2ccc(NC(=O)OCCC)cc2)C1.CC. The van der Waals surface area contributed by atoms with E-state index in [4.69, 9.17) is 9.47 Å². The number of rotatable bonds is 5. The van der Waals surface area contributed by atoms with Crippen LogP contribution in [-0.4, -0.2) is 25.3 Å². The second kappa shape index (κ2) is 8.88. The molecule has 5 nitrogen and oxygen atoms in total. The maximum absolute atomic E-state index is 12.3. The van der Waals surface area contributed by atoms with E-state index in [1.807, 2.05) is 45.0 Å². The fraction of sp³-hybridized carbons (Fsp3) is 0.524. The van der Waals surface area contributed by atoms with Gasteiger partial charge in [-0.05, 0) is 43.4 Å². The van der Waals surface area contributed by atoms with Gasteiger partial charge in [0.25, 0.3) is 0 Å². The highest BCUT2D eigenvalue weighted by Crippen LogP contribution is 2.52. The molecule has 2 aliphatic rings. The lowest BCUT2D eigenvalue weighted by Crippen LogP contribution is -2.31. The number of anilines is 1. The Kier molecular flexibility index (Phi) is 6.83. The van der Waals surface area contributed by atoms with E-state index in [1.54, 1.807) is 0 Å². The van der Waals surface area contributed by atoms with E-state index in [0.717, 1.165) is 24.0 Å². The number of hydrogen-bond donors (Lipinski definition) is 1. The first kappa shape index (κ1) is 20.0. The van der Waals surface area contributed by atoms with E-state index in [2.05, 4.69) is 11.9 Å². The monoisotopic (exact) mass is 359 g/mol. The third kappa shape index (κ3) is 4.26. The molecule has 1 aromatic carbocycles. The number of carbonyl (C=O) groups excluding carboxylic acids is 2. The standard InChI is InChI=1S/C19H23NO4.C2H6/c1-3-8-23-18(22)20-16-6-4-14(5-7-16)11-19-10-13(2)9-15(19)12-24-17(19)21;1-2/h4-7,15H,2-3,8-12H2,1H3,(H,20,22);1-2H3. The summed E-state index contributed by atoms with van der Waals surface area (Å²) in [6.07, 6.45) is 2.57. The summed E-state index contributed by atoms with van der Waals surface area (Å²) < 4.78 is 10.3. The summed E-state index contributed by atoms with van der Waals surface area (Å²) in [4.78, 5) is 23.9. The Balaban J connectivity index is 0.00000117. The molecule has 26 heavy (non-hydrogen) atoms. The second-order valence-corrected chi connectivity index (χ2v) is 6.72. The Bertz CT molecular complexity index is 652. The molecular weight excluding hydrogens is 330 g/mol. The molecule has 3 rings (SSSR count). The fourth-order valence-electron chi connectivity index (χ4n) is 3.68. The summed E-state index contributed by atoms with van der Waals surface area (Å²) in [6.45, 7) is 10.9. The third-order valence-corrected chi connectivity index (χ3v) is 4.86. The number of benzene rings is 1. The van der Waals surface area contributed by atoms with Gasteiger partial charge in [0.1, 0.15) is 0 Å². The largest absolute Gasteiger partial charge is 0.465 e. The van der Waals surface area contributed by atoms with Crippen LogP contribution >= 0.6 is 0 Å². The molecule has 1 aromatic rings. The number of fused-ring (bicyclic) bond motifs is 1. The lowest BCUT2D eigenvalue weighted by molar-refractivity contribution is -0.146. The van der Waals surface area contributed by atoms with Gasteiger partial charge in [-0.3, -0.25) is 10.1 Å². The van der Waals surface area contributed by atoms with Gasteiger partial charge in [0.15, 0.2) is 0 Å². The van der Waals surface area contributed by atoms with Crippen LogP contribution in [0.15, 0.2) is 36.4 Å². The van der Waals surface area contributed by atoms with E-state index < -0.39 is 11.5 Å². The number of carbonyl (C=O) groups is 2. The van der Waals surface area contributed by atoms with Crippen molar-refractivity contribution >= 4 is 17.7 Å². The summed E-state index contributed by atoms with van der Waals surface area (Å²) >= 11 is 0. The van der Waals surface area contributed by atoms with Crippen molar-refractivity contribution in [3.8, 4) is 0 Å². The molecule has 0 radical (unpaired) electrons. The van der Waals surface area contributed by atoms with E-state index in [0.29, 0.717) is 31.7 Å². The van der Waals surface area contributed by atoms with Crippen molar-refractivity contribution in [2.75, 3.05) is 18.5 Å². The Hall–Kier alpha value is -2.30. The Labute approximate surface area is 155 Å². The molecule has 2 fully saturated rings. The minimum absolute atomic E-state index is 0.100. The third-order valence-electron chi connectivity index (χ3n) is 4.86. The average Bonchev–Trinajstić information content (AvgIpc) is 3.11. The predicted molar refractivity (Wildman–Crippen MR) is 102 cm³/mol. The van der Waals surface area contributed by atoms with Gasteiger partial charge in [0.05, 0.1) is 18.6 Å². The van der Waals surface area contributed by atoms with Crippen LogP contribution in [0.1, 0.15) is 45.6 Å². The summed E-state index contributed by atoms with van der Waals surface area (Å²) in [5, 5.41) is 2.69. The molecule has 5 heteroatoms. The molecule has 1 N–H and O–H groups in total.